The third-order valence-corrected chi connectivity index (χ3v) is 6.62. The number of hydrogen-bond donors (Lipinski definition) is 1. The maximum absolute atomic E-state index is 13.3. The second-order valence-corrected chi connectivity index (χ2v) is 8.92. The van der Waals surface area contributed by atoms with Gasteiger partial charge in [-0.2, -0.15) is 13.2 Å². The molecular weight excluding hydrogens is 417 g/mol. The highest BCUT2D eigenvalue weighted by molar-refractivity contribution is 5.99. The third kappa shape index (κ3) is 5.37. The lowest BCUT2D eigenvalue weighted by atomic mass is 9.76. The molecule has 1 aromatic carbocycles. The van der Waals surface area contributed by atoms with Crippen molar-refractivity contribution in [1.29, 1.82) is 0 Å². The van der Waals surface area contributed by atoms with Crippen molar-refractivity contribution in [2.75, 3.05) is 6.54 Å². The fourth-order valence-corrected chi connectivity index (χ4v) is 4.52. The molecule has 2 aliphatic carbocycles. The van der Waals surface area contributed by atoms with Crippen molar-refractivity contribution in [3.05, 3.63) is 65.0 Å². The molecule has 2 saturated carbocycles. The maximum atomic E-state index is 13.3. The Morgan fingerprint density at radius 1 is 0.969 bits per heavy atom. The molecule has 0 aliphatic heterocycles. The molecule has 0 radical (unpaired) electrons. The van der Waals surface area contributed by atoms with Crippen molar-refractivity contribution >= 4 is 11.7 Å². The van der Waals surface area contributed by atoms with E-state index in [-0.39, 0.29) is 17.4 Å². The molecule has 7 heteroatoms. The zero-order valence-electron chi connectivity index (χ0n) is 17.8. The number of rotatable bonds is 7. The summed E-state index contributed by atoms with van der Waals surface area (Å²) in [5.41, 5.74) is 0.294. The van der Waals surface area contributed by atoms with Crippen LogP contribution in [-0.2, 0) is 6.18 Å². The van der Waals surface area contributed by atoms with Crippen LogP contribution in [-0.4, -0.2) is 23.2 Å². The van der Waals surface area contributed by atoms with Crippen LogP contribution in [0.15, 0.2) is 42.6 Å². The molecular formula is C25H27F3N2O2. The van der Waals surface area contributed by atoms with E-state index in [0.29, 0.717) is 37.9 Å². The summed E-state index contributed by atoms with van der Waals surface area (Å²) in [6, 6.07) is 8.64. The number of alkyl halides is 3. The van der Waals surface area contributed by atoms with Gasteiger partial charge in [0.1, 0.15) is 5.69 Å². The lowest BCUT2D eigenvalue weighted by Gasteiger charge is -2.28. The summed E-state index contributed by atoms with van der Waals surface area (Å²) in [5, 5.41) is 2.90. The Hall–Kier alpha value is -2.70. The summed E-state index contributed by atoms with van der Waals surface area (Å²) >= 11 is 0. The van der Waals surface area contributed by atoms with Crippen molar-refractivity contribution in [3.8, 4) is 0 Å². The standard InChI is InChI=1S/C25H27F3N2O2/c26-25(27,28)21-4-2-1-3-20(21)23(31)18-9-7-17(8-10-18)19-11-12-22(30-15-19)24(32)29-14-13-16-5-6-16/h1-4,11-12,15-18H,5-10,13-14H2,(H,29,32). The van der Waals surface area contributed by atoms with Gasteiger partial charge in [-0.05, 0) is 61.6 Å². The van der Waals surface area contributed by atoms with Crippen LogP contribution in [0.2, 0.25) is 0 Å². The molecule has 0 spiro atoms. The average molecular weight is 444 g/mol. The molecule has 0 saturated heterocycles. The monoisotopic (exact) mass is 444 g/mol. The lowest BCUT2D eigenvalue weighted by molar-refractivity contribution is -0.138. The smallest absolute Gasteiger partial charge is 0.351 e. The molecule has 0 bridgehead atoms. The van der Waals surface area contributed by atoms with E-state index in [1.807, 2.05) is 6.07 Å². The molecule has 1 aromatic heterocycles. The number of nitrogens with one attached hydrogen (secondary N) is 1. The number of benzene rings is 1. The molecule has 2 aromatic rings. The van der Waals surface area contributed by atoms with Gasteiger partial charge in [0, 0.05) is 24.2 Å². The fourth-order valence-electron chi connectivity index (χ4n) is 4.52. The van der Waals surface area contributed by atoms with Gasteiger partial charge >= 0.3 is 6.18 Å². The first-order valence-corrected chi connectivity index (χ1v) is 11.3. The number of amides is 1. The van der Waals surface area contributed by atoms with Crippen LogP contribution in [0, 0.1) is 11.8 Å². The molecule has 2 fully saturated rings. The molecule has 1 N–H and O–H groups in total. The second kappa shape index (κ2) is 9.43. The van der Waals surface area contributed by atoms with Crippen LogP contribution >= 0.6 is 0 Å². The van der Waals surface area contributed by atoms with Crippen LogP contribution < -0.4 is 5.32 Å². The summed E-state index contributed by atoms with van der Waals surface area (Å²) in [7, 11) is 0. The van der Waals surface area contributed by atoms with Crippen LogP contribution in [0.25, 0.3) is 0 Å². The van der Waals surface area contributed by atoms with E-state index in [4.69, 9.17) is 0 Å². The highest BCUT2D eigenvalue weighted by atomic mass is 19.4. The van der Waals surface area contributed by atoms with E-state index < -0.39 is 23.4 Å². The summed E-state index contributed by atoms with van der Waals surface area (Å²) in [6.07, 6.45) is 3.19. The zero-order chi connectivity index (χ0) is 22.7. The number of Topliss-reactive ketones (excluding diaryl/α,β-unsaturated/α-hetero) is 1. The van der Waals surface area contributed by atoms with Crippen LogP contribution in [0.5, 0.6) is 0 Å². The summed E-state index contributed by atoms with van der Waals surface area (Å²) in [4.78, 5) is 29.3. The number of aromatic nitrogens is 1. The van der Waals surface area contributed by atoms with Crippen molar-refractivity contribution in [2.24, 2.45) is 11.8 Å². The molecule has 0 unspecified atom stereocenters. The van der Waals surface area contributed by atoms with Gasteiger partial charge in [-0.15, -0.1) is 0 Å². The van der Waals surface area contributed by atoms with E-state index in [9.17, 15) is 22.8 Å². The molecule has 2 aliphatic rings. The fraction of sp³-hybridized carbons (Fsp3) is 0.480. The lowest BCUT2D eigenvalue weighted by Crippen LogP contribution is -2.26. The maximum Gasteiger partial charge on any atom is 0.417 e. The van der Waals surface area contributed by atoms with Gasteiger partial charge in [0.2, 0.25) is 0 Å². The number of ketones is 1. The van der Waals surface area contributed by atoms with E-state index >= 15 is 0 Å². The molecule has 1 heterocycles. The van der Waals surface area contributed by atoms with Gasteiger partial charge in [0.15, 0.2) is 5.78 Å². The SMILES string of the molecule is O=C(NCCC1CC1)c1ccc(C2CCC(C(=O)c3ccccc3C(F)(F)F)CC2)cn1. The molecule has 4 rings (SSSR count). The van der Waals surface area contributed by atoms with Crippen molar-refractivity contribution < 1.29 is 22.8 Å². The van der Waals surface area contributed by atoms with Gasteiger partial charge in [-0.1, -0.05) is 37.1 Å². The Morgan fingerprint density at radius 2 is 1.69 bits per heavy atom. The molecule has 32 heavy (non-hydrogen) atoms. The van der Waals surface area contributed by atoms with Gasteiger partial charge < -0.3 is 5.32 Å². The van der Waals surface area contributed by atoms with Crippen LogP contribution in [0.4, 0.5) is 13.2 Å². The predicted octanol–water partition coefficient (Wildman–Crippen LogP) is 5.79. The Kier molecular flexibility index (Phi) is 6.63. The Morgan fingerprint density at radius 3 is 2.31 bits per heavy atom. The average Bonchev–Trinajstić information content (AvgIpc) is 3.63. The van der Waals surface area contributed by atoms with E-state index in [2.05, 4.69) is 10.3 Å². The van der Waals surface area contributed by atoms with Crippen molar-refractivity contribution in [3.63, 3.8) is 0 Å². The van der Waals surface area contributed by atoms with Gasteiger partial charge in [0.05, 0.1) is 5.56 Å². The second-order valence-electron chi connectivity index (χ2n) is 8.92. The van der Waals surface area contributed by atoms with Crippen molar-refractivity contribution in [1.82, 2.24) is 10.3 Å². The number of pyridine rings is 1. The molecule has 170 valence electrons. The Labute approximate surface area is 185 Å². The topological polar surface area (TPSA) is 59.1 Å². The number of nitrogens with zero attached hydrogens (tertiary/aromatic N) is 1. The number of carbonyl (C=O) groups is 2. The quantitative estimate of drug-likeness (QED) is 0.550. The van der Waals surface area contributed by atoms with Gasteiger partial charge in [0.25, 0.3) is 5.91 Å². The third-order valence-electron chi connectivity index (χ3n) is 6.62. The van der Waals surface area contributed by atoms with E-state index in [1.54, 1.807) is 12.3 Å². The highest BCUT2D eigenvalue weighted by Crippen LogP contribution is 2.39. The normalized spacial score (nSPS) is 21.2. The zero-order valence-corrected chi connectivity index (χ0v) is 17.8. The van der Waals surface area contributed by atoms with Crippen LogP contribution in [0.1, 0.15) is 82.8 Å². The Bertz CT molecular complexity index is 960. The minimum Gasteiger partial charge on any atom is -0.351 e. The van der Waals surface area contributed by atoms with E-state index in [0.717, 1.165) is 24.0 Å². The van der Waals surface area contributed by atoms with Crippen molar-refractivity contribution in [2.45, 2.75) is 57.0 Å². The van der Waals surface area contributed by atoms with Gasteiger partial charge in [-0.25, -0.2) is 0 Å². The summed E-state index contributed by atoms with van der Waals surface area (Å²) in [5.74, 6) is -0.0484. The first-order chi connectivity index (χ1) is 15.3. The Balaban J connectivity index is 1.32. The largest absolute Gasteiger partial charge is 0.417 e. The molecule has 0 atom stereocenters. The van der Waals surface area contributed by atoms with Gasteiger partial charge in [-0.3, -0.25) is 14.6 Å². The highest BCUT2D eigenvalue weighted by Gasteiger charge is 2.37. The number of halogens is 3. The minimum absolute atomic E-state index is 0.171. The molecule has 1 amide bonds. The predicted molar refractivity (Wildman–Crippen MR) is 114 cm³/mol. The number of carbonyl (C=O) groups excluding carboxylic acids is 2. The summed E-state index contributed by atoms with van der Waals surface area (Å²) in [6.45, 7) is 0.669. The number of hydrogen-bond acceptors (Lipinski definition) is 3. The summed E-state index contributed by atoms with van der Waals surface area (Å²) < 4.78 is 39.8. The minimum atomic E-state index is -4.54. The van der Waals surface area contributed by atoms with E-state index in [1.165, 1.54) is 31.0 Å². The van der Waals surface area contributed by atoms with Crippen LogP contribution in [0.3, 0.4) is 0 Å². The molecule has 4 nitrogen and oxygen atoms in total. The first-order valence-electron chi connectivity index (χ1n) is 11.3. The first kappa shape index (κ1) is 22.5.